The number of hydrogen-bond donors (Lipinski definition) is 3. The van der Waals surface area contributed by atoms with Crippen LogP contribution in [0.2, 0.25) is 0 Å². The van der Waals surface area contributed by atoms with Crippen LogP contribution in [-0.4, -0.2) is 18.2 Å². The van der Waals surface area contributed by atoms with Crippen molar-refractivity contribution in [3.8, 4) is 0 Å². The molecule has 0 atom stereocenters. The quantitative estimate of drug-likeness (QED) is 0.431. The second-order valence-corrected chi connectivity index (χ2v) is 4.47. The largest absolute Gasteiger partial charge is 0.388 e. The van der Waals surface area contributed by atoms with E-state index >= 15 is 0 Å². The molecule has 0 aromatic heterocycles. The third kappa shape index (κ3) is 3.56. The van der Waals surface area contributed by atoms with E-state index in [-0.39, 0.29) is 5.69 Å². The monoisotopic (exact) mass is 284 g/mol. The number of nitrogens with zero attached hydrogens (tertiary/aromatic N) is 1. The van der Waals surface area contributed by atoms with Gasteiger partial charge in [-0.05, 0) is 23.8 Å². The van der Waals surface area contributed by atoms with Gasteiger partial charge in [0, 0.05) is 48.9 Å². The molecule has 0 heterocycles. The molecular weight excluding hydrogens is 268 g/mol. The minimum absolute atomic E-state index is 0.0863. The van der Waals surface area contributed by atoms with Gasteiger partial charge in [-0.25, -0.2) is 0 Å². The molecule has 0 bridgehead atoms. The highest BCUT2D eigenvalue weighted by molar-refractivity contribution is 5.87. The Morgan fingerprint density at radius 3 is 2.52 bits per heavy atom. The van der Waals surface area contributed by atoms with Crippen molar-refractivity contribution >= 4 is 23.3 Å². The highest BCUT2D eigenvalue weighted by Crippen LogP contribution is 2.19. The van der Waals surface area contributed by atoms with E-state index in [2.05, 4.69) is 10.6 Å². The van der Waals surface area contributed by atoms with E-state index < -0.39 is 4.92 Å². The first kappa shape index (κ1) is 14.5. The van der Waals surface area contributed by atoms with Gasteiger partial charge in [0.15, 0.2) is 0 Å². The molecule has 21 heavy (non-hydrogen) atoms. The molecule has 2 aromatic carbocycles. The fraction of sp³-hybridized carbons (Fsp3) is 0.133. The first-order valence-corrected chi connectivity index (χ1v) is 6.43. The van der Waals surface area contributed by atoms with Crippen LogP contribution in [-0.2, 0) is 6.54 Å². The highest BCUT2D eigenvalue weighted by Gasteiger charge is 2.04. The minimum Gasteiger partial charge on any atom is -0.388 e. The van der Waals surface area contributed by atoms with E-state index in [1.54, 1.807) is 12.1 Å². The Morgan fingerprint density at radius 1 is 1.24 bits per heavy atom. The van der Waals surface area contributed by atoms with E-state index in [0.717, 1.165) is 22.5 Å². The van der Waals surface area contributed by atoms with Gasteiger partial charge in [-0.1, -0.05) is 12.1 Å². The van der Waals surface area contributed by atoms with E-state index in [4.69, 9.17) is 5.41 Å². The molecule has 6 heteroatoms. The number of non-ortho nitro benzene ring substituents is 1. The molecule has 6 nitrogen and oxygen atoms in total. The van der Waals surface area contributed by atoms with E-state index in [0.29, 0.717) is 6.54 Å². The normalized spacial score (nSPS) is 9.95. The average molecular weight is 284 g/mol. The number of hydrogen-bond acceptors (Lipinski definition) is 5. The maximum atomic E-state index is 10.6. The number of benzene rings is 2. The Balaban J connectivity index is 2.05. The topological polar surface area (TPSA) is 91.1 Å². The van der Waals surface area contributed by atoms with Crippen LogP contribution in [0, 0.1) is 15.5 Å². The number of rotatable bonds is 6. The summed E-state index contributed by atoms with van der Waals surface area (Å²) in [7, 11) is 1.81. The molecular formula is C15H16N4O2. The Labute approximate surface area is 122 Å². The van der Waals surface area contributed by atoms with Gasteiger partial charge in [-0.2, -0.15) is 0 Å². The minimum atomic E-state index is -0.413. The van der Waals surface area contributed by atoms with Crippen LogP contribution in [0.5, 0.6) is 0 Å². The SMILES string of the molecule is CNc1ccc(NCc2ccc([N+](=O)[O-])cc2)cc1C=N. The molecule has 0 aliphatic heterocycles. The van der Waals surface area contributed by atoms with Gasteiger partial charge in [0.2, 0.25) is 0 Å². The molecule has 0 aliphatic rings. The number of nitro benzene ring substituents is 1. The molecule has 0 saturated carbocycles. The molecule has 0 unspecified atom stereocenters. The molecule has 0 amide bonds. The van der Waals surface area contributed by atoms with Crippen LogP contribution >= 0.6 is 0 Å². The van der Waals surface area contributed by atoms with Crippen molar-refractivity contribution < 1.29 is 4.92 Å². The van der Waals surface area contributed by atoms with Crippen LogP contribution in [0.3, 0.4) is 0 Å². The van der Waals surface area contributed by atoms with Crippen molar-refractivity contribution in [1.29, 1.82) is 5.41 Å². The smallest absolute Gasteiger partial charge is 0.269 e. The standard InChI is InChI=1S/C15H16N4O2/c1-17-15-7-4-13(8-12(15)9-16)18-10-11-2-5-14(6-3-11)19(20)21/h2-9,16-18H,10H2,1H3. The lowest BCUT2D eigenvalue weighted by Crippen LogP contribution is -2.01. The first-order valence-electron chi connectivity index (χ1n) is 6.43. The summed E-state index contributed by atoms with van der Waals surface area (Å²) in [6.07, 6.45) is 1.29. The predicted molar refractivity (Wildman–Crippen MR) is 84.3 cm³/mol. The Kier molecular flexibility index (Phi) is 4.50. The maximum absolute atomic E-state index is 10.6. The summed E-state index contributed by atoms with van der Waals surface area (Å²) >= 11 is 0. The summed E-state index contributed by atoms with van der Waals surface area (Å²) in [4.78, 5) is 10.2. The van der Waals surface area contributed by atoms with Crippen molar-refractivity contribution in [3.05, 3.63) is 63.7 Å². The summed E-state index contributed by atoms with van der Waals surface area (Å²) < 4.78 is 0. The molecule has 2 aromatic rings. The van der Waals surface area contributed by atoms with Crippen LogP contribution in [0.1, 0.15) is 11.1 Å². The fourth-order valence-corrected chi connectivity index (χ4v) is 1.96. The fourth-order valence-electron chi connectivity index (χ4n) is 1.96. The summed E-state index contributed by atoms with van der Waals surface area (Å²) in [5.41, 5.74) is 3.63. The van der Waals surface area contributed by atoms with Crippen LogP contribution in [0.25, 0.3) is 0 Å². The van der Waals surface area contributed by atoms with Crippen LogP contribution in [0.15, 0.2) is 42.5 Å². The summed E-state index contributed by atoms with van der Waals surface area (Å²) in [5.74, 6) is 0. The number of nitro groups is 1. The van der Waals surface area contributed by atoms with Gasteiger partial charge in [0.1, 0.15) is 0 Å². The highest BCUT2D eigenvalue weighted by atomic mass is 16.6. The molecule has 0 saturated heterocycles. The van der Waals surface area contributed by atoms with E-state index in [9.17, 15) is 10.1 Å². The lowest BCUT2D eigenvalue weighted by molar-refractivity contribution is -0.384. The van der Waals surface area contributed by atoms with Gasteiger partial charge in [0.25, 0.3) is 5.69 Å². The molecule has 0 spiro atoms. The summed E-state index contributed by atoms with van der Waals surface area (Å²) in [5, 5.41) is 24.2. The predicted octanol–water partition coefficient (Wildman–Crippen LogP) is 3.25. The molecule has 2 rings (SSSR count). The molecule has 0 aliphatic carbocycles. The number of anilines is 2. The Bertz CT molecular complexity index is 653. The second kappa shape index (κ2) is 6.51. The maximum Gasteiger partial charge on any atom is 0.269 e. The van der Waals surface area contributed by atoms with Gasteiger partial charge in [-0.15, -0.1) is 0 Å². The Morgan fingerprint density at radius 2 is 1.95 bits per heavy atom. The lowest BCUT2D eigenvalue weighted by atomic mass is 10.1. The van der Waals surface area contributed by atoms with Crippen LogP contribution < -0.4 is 10.6 Å². The third-order valence-electron chi connectivity index (χ3n) is 3.12. The van der Waals surface area contributed by atoms with Crippen molar-refractivity contribution in [3.63, 3.8) is 0 Å². The second-order valence-electron chi connectivity index (χ2n) is 4.47. The zero-order valence-electron chi connectivity index (χ0n) is 11.6. The lowest BCUT2D eigenvalue weighted by Gasteiger charge is -2.10. The van der Waals surface area contributed by atoms with Crippen molar-refractivity contribution in [2.45, 2.75) is 6.54 Å². The summed E-state index contributed by atoms with van der Waals surface area (Å²) in [6.45, 7) is 0.564. The molecule has 108 valence electrons. The Hall–Kier alpha value is -2.89. The molecule has 0 fully saturated rings. The van der Waals surface area contributed by atoms with Gasteiger partial charge in [0.05, 0.1) is 4.92 Å². The first-order chi connectivity index (χ1) is 10.1. The van der Waals surface area contributed by atoms with Gasteiger partial charge in [-0.3, -0.25) is 10.1 Å². The van der Waals surface area contributed by atoms with E-state index in [1.807, 2.05) is 25.2 Å². The van der Waals surface area contributed by atoms with Crippen molar-refractivity contribution in [2.75, 3.05) is 17.7 Å². The zero-order valence-corrected chi connectivity index (χ0v) is 11.6. The molecule has 0 radical (unpaired) electrons. The van der Waals surface area contributed by atoms with E-state index in [1.165, 1.54) is 18.3 Å². The van der Waals surface area contributed by atoms with Gasteiger partial charge < -0.3 is 16.0 Å². The third-order valence-corrected chi connectivity index (χ3v) is 3.12. The average Bonchev–Trinajstić information content (AvgIpc) is 2.52. The number of nitrogens with one attached hydrogen (secondary N) is 3. The summed E-state index contributed by atoms with van der Waals surface area (Å²) in [6, 6.07) is 12.1. The van der Waals surface area contributed by atoms with Gasteiger partial charge >= 0.3 is 0 Å². The molecule has 3 N–H and O–H groups in total. The van der Waals surface area contributed by atoms with Crippen molar-refractivity contribution in [1.82, 2.24) is 0 Å². The zero-order chi connectivity index (χ0) is 15.2. The van der Waals surface area contributed by atoms with Crippen molar-refractivity contribution in [2.24, 2.45) is 0 Å². The van der Waals surface area contributed by atoms with Crippen LogP contribution in [0.4, 0.5) is 17.1 Å².